The number of nitrogens with zero attached hydrogens (tertiary/aromatic N) is 3. The van der Waals surface area contributed by atoms with E-state index >= 15 is 0 Å². The molecule has 0 N–H and O–H groups in total. The molecule has 6 aromatic rings. The van der Waals surface area contributed by atoms with Crippen LogP contribution >= 0.6 is 11.6 Å². The van der Waals surface area contributed by atoms with Crippen molar-refractivity contribution in [1.29, 1.82) is 0 Å². The average molecular weight is 439 g/mol. The Morgan fingerprint density at radius 3 is 2.25 bits per heavy atom. The number of furan rings is 1. The summed E-state index contributed by atoms with van der Waals surface area (Å²) in [6.07, 6.45) is 0. The molecule has 0 unspecified atom stereocenters. The van der Waals surface area contributed by atoms with E-state index < -0.39 is 18.1 Å². The molecule has 0 aliphatic rings. The predicted molar refractivity (Wildman–Crippen MR) is 128 cm³/mol. The summed E-state index contributed by atoms with van der Waals surface area (Å²) in [6, 6.07) is 17.9. The Balaban J connectivity index is 1.70. The van der Waals surface area contributed by atoms with Crippen LogP contribution in [0.5, 0.6) is 0 Å². The molecule has 0 atom stereocenters. The fourth-order valence-electron chi connectivity index (χ4n) is 3.67. The van der Waals surface area contributed by atoms with Gasteiger partial charge in [0.1, 0.15) is 11.2 Å². The van der Waals surface area contributed by atoms with E-state index in [4.69, 9.17) is 27.9 Å². The third-order valence-corrected chi connectivity index (χ3v) is 5.32. The molecule has 2 aromatic heterocycles. The highest BCUT2D eigenvalue weighted by Crippen LogP contribution is 2.37. The molecule has 0 bridgehead atoms. The van der Waals surface area contributed by atoms with Gasteiger partial charge in [-0.15, -0.1) is 0 Å². The quantitative estimate of drug-likeness (QED) is 0.288. The van der Waals surface area contributed by atoms with Gasteiger partial charge in [0.2, 0.25) is 0 Å². The van der Waals surface area contributed by atoms with E-state index in [9.17, 15) is 0 Å². The Morgan fingerprint density at radius 2 is 1.44 bits per heavy atom. The molecule has 0 saturated carbocycles. The first-order chi connectivity index (χ1) is 17.8. The highest BCUT2D eigenvalue weighted by atomic mass is 35.5. The fourth-order valence-corrected chi connectivity index (χ4v) is 3.84. The lowest BCUT2D eigenvalue weighted by molar-refractivity contribution is 0.669. The minimum atomic E-state index is -0.483. The molecule has 0 spiro atoms. The summed E-state index contributed by atoms with van der Waals surface area (Å²) in [6.45, 7) is 0. The molecule has 5 heteroatoms. The van der Waals surface area contributed by atoms with Gasteiger partial charge in [-0.25, -0.2) is 15.0 Å². The SMILES string of the molecule is [2H]c1c([2H])c([2H])c(-c2nc(-c3ccccc3)nc(-c3cccc4oc5ccc(Cl)cc5c34)n2)c([2H])c1[2H]. The number of halogens is 1. The van der Waals surface area contributed by atoms with Crippen LogP contribution in [-0.2, 0) is 0 Å². The van der Waals surface area contributed by atoms with Gasteiger partial charge in [-0.2, -0.15) is 0 Å². The fraction of sp³-hybridized carbons (Fsp3) is 0. The van der Waals surface area contributed by atoms with E-state index in [0.29, 0.717) is 33.1 Å². The van der Waals surface area contributed by atoms with Crippen molar-refractivity contribution in [2.24, 2.45) is 0 Å². The molecule has 152 valence electrons. The van der Waals surface area contributed by atoms with Crippen LogP contribution in [0.15, 0.2) is 101 Å². The van der Waals surface area contributed by atoms with Gasteiger partial charge in [0, 0.05) is 32.5 Å². The van der Waals surface area contributed by atoms with Gasteiger partial charge in [0.25, 0.3) is 0 Å². The Labute approximate surface area is 196 Å². The van der Waals surface area contributed by atoms with Gasteiger partial charge in [-0.3, -0.25) is 0 Å². The molecule has 4 nitrogen and oxygen atoms in total. The van der Waals surface area contributed by atoms with Crippen LogP contribution in [0, 0.1) is 0 Å². The molecular formula is C27H16ClN3O. The van der Waals surface area contributed by atoms with Crippen LogP contribution in [0.25, 0.3) is 56.1 Å². The van der Waals surface area contributed by atoms with E-state index in [1.807, 2.05) is 54.6 Å². The molecule has 0 aliphatic heterocycles. The van der Waals surface area contributed by atoms with Crippen LogP contribution in [0.4, 0.5) is 0 Å². The number of aromatic nitrogens is 3. The third kappa shape index (κ3) is 3.22. The molecule has 4 aromatic carbocycles. The molecule has 2 heterocycles. The first-order valence-electron chi connectivity index (χ1n) is 12.3. The summed E-state index contributed by atoms with van der Waals surface area (Å²) in [5.41, 5.74) is 2.48. The van der Waals surface area contributed by atoms with Crippen molar-refractivity contribution < 1.29 is 11.3 Å². The van der Waals surface area contributed by atoms with Crippen LogP contribution in [0.2, 0.25) is 5.02 Å². The van der Waals surface area contributed by atoms with Crippen molar-refractivity contribution in [3.63, 3.8) is 0 Å². The average Bonchev–Trinajstić information content (AvgIpc) is 3.29. The summed E-state index contributed by atoms with van der Waals surface area (Å²) in [5, 5.41) is 2.08. The highest BCUT2D eigenvalue weighted by Gasteiger charge is 2.17. The van der Waals surface area contributed by atoms with Gasteiger partial charge >= 0.3 is 0 Å². The number of benzene rings is 4. The van der Waals surface area contributed by atoms with E-state index in [-0.39, 0.29) is 29.3 Å². The maximum atomic E-state index is 8.46. The summed E-state index contributed by atoms with van der Waals surface area (Å²) in [5.74, 6) is 0.544. The van der Waals surface area contributed by atoms with Gasteiger partial charge < -0.3 is 4.42 Å². The Kier molecular flexibility index (Phi) is 3.35. The number of hydrogen-bond donors (Lipinski definition) is 0. The number of fused-ring (bicyclic) bond motifs is 3. The molecule has 0 radical (unpaired) electrons. The molecule has 0 amide bonds. The lowest BCUT2D eigenvalue weighted by Crippen LogP contribution is -2.00. The van der Waals surface area contributed by atoms with Gasteiger partial charge in [-0.1, -0.05) is 84.3 Å². The first kappa shape index (κ1) is 14.1. The van der Waals surface area contributed by atoms with Gasteiger partial charge in [0.15, 0.2) is 17.5 Å². The van der Waals surface area contributed by atoms with Crippen molar-refractivity contribution in [3.8, 4) is 34.2 Å². The van der Waals surface area contributed by atoms with Crippen molar-refractivity contribution in [3.05, 3.63) is 102 Å². The summed E-state index contributed by atoms with van der Waals surface area (Å²) >= 11 is 6.29. The van der Waals surface area contributed by atoms with Gasteiger partial charge in [-0.05, 0) is 24.3 Å². The van der Waals surface area contributed by atoms with Crippen molar-refractivity contribution in [2.75, 3.05) is 0 Å². The van der Waals surface area contributed by atoms with Crippen LogP contribution in [-0.4, -0.2) is 15.0 Å². The first-order valence-corrected chi connectivity index (χ1v) is 10.2. The minimum Gasteiger partial charge on any atom is -0.456 e. The smallest absolute Gasteiger partial charge is 0.164 e. The molecule has 6 rings (SSSR count). The van der Waals surface area contributed by atoms with Crippen molar-refractivity contribution in [1.82, 2.24) is 15.0 Å². The molecule has 0 saturated heterocycles. The largest absolute Gasteiger partial charge is 0.456 e. The third-order valence-electron chi connectivity index (χ3n) is 5.09. The maximum absolute atomic E-state index is 8.46. The second-order valence-corrected chi connectivity index (χ2v) is 7.53. The standard InChI is InChI=1S/C27H16ClN3O/c28-19-14-15-22-21(16-19)24-20(12-7-13-23(24)32-22)27-30-25(17-8-3-1-4-9-17)29-26(31-27)18-10-5-2-6-11-18/h1-16H/i1D,3D,4D,8D,9D. The molecule has 0 fully saturated rings. The molecular weight excluding hydrogens is 418 g/mol. The molecule has 32 heavy (non-hydrogen) atoms. The lowest BCUT2D eigenvalue weighted by Gasteiger charge is -2.09. The molecule has 0 aliphatic carbocycles. The van der Waals surface area contributed by atoms with Crippen molar-refractivity contribution >= 4 is 33.5 Å². The maximum Gasteiger partial charge on any atom is 0.164 e. The van der Waals surface area contributed by atoms with Crippen molar-refractivity contribution in [2.45, 2.75) is 0 Å². The lowest BCUT2D eigenvalue weighted by atomic mass is 10.1. The Morgan fingerprint density at radius 1 is 0.688 bits per heavy atom. The van der Waals surface area contributed by atoms with Crippen LogP contribution < -0.4 is 0 Å². The highest BCUT2D eigenvalue weighted by molar-refractivity contribution is 6.32. The van der Waals surface area contributed by atoms with E-state index in [0.717, 1.165) is 10.8 Å². The summed E-state index contributed by atoms with van der Waals surface area (Å²) in [7, 11) is 0. The zero-order valence-electron chi connectivity index (χ0n) is 21.5. The minimum absolute atomic E-state index is 0.0244. The Hall–Kier alpha value is -4.02. The van der Waals surface area contributed by atoms with E-state index in [2.05, 4.69) is 9.97 Å². The zero-order chi connectivity index (χ0) is 25.8. The second kappa shape index (κ2) is 7.59. The summed E-state index contributed by atoms with van der Waals surface area (Å²) < 4.78 is 47.1. The number of rotatable bonds is 3. The topological polar surface area (TPSA) is 51.8 Å². The zero-order valence-corrected chi connectivity index (χ0v) is 17.2. The van der Waals surface area contributed by atoms with Gasteiger partial charge in [0.05, 0.1) is 6.85 Å². The normalized spacial score (nSPS) is 13.5. The summed E-state index contributed by atoms with van der Waals surface area (Å²) in [4.78, 5) is 13.9. The van der Waals surface area contributed by atoms with Crippen LogP contribution in [0.3, 0.4) is 0 Å². The van der Waals surface area contributed by atoms with E-state index in [1.54, 1.807) is 12.1 Å². The second-order valence-electron chi connectivity index (χ2n) is 7.09. The van der Waals surface area contributed by atoms with E-state index in [1.165, 1.54) is 0 Å². The monoisotopic (exact) mass is 438 g/mol. The number of hydrogen-bond acceptors (Lipinski definition) is 4. The van der Waals surface area contributed by atoms with Crippen LogP contribution in [0.1, 0.15) is 6.85 Å². The predicted octanol–water partition coefficient (Wildman–Crippen LogP) is 7.43. The Bertz CT molecular complexity index is 1830.